The first-order chi connectivity index (χ1) is 12.5. The van der Waals surface area contributed by atoms with Gasteiger partial charge < -0.3 is 5.11 Å². The van der Waals surface area contributed by atoms with E-state index in [2.05, 4.69) is 19.1 Å². The molecule has 152 valence electrons. The molecule has 0 aromatic carbocycles. The molecule has 0 atom stereocenters. The summed E-state index contributed by atoms with van der Waals surface area (Å²) in [7, 11) is -3.92. The van der Waals surface area contributed by atoms with Crippen LogP contribution in [0, 0.1) is 0 Å². The van der Waals surface area contributed by atoms with Gasteiger partial charge in [0.15, 0.2) is 0 Å². The van der Waals surface area contributed by atoms with Gasteiger partial charge >= 0.3 is 102 Å². The van der Waals surface area contributed by atoms with Crippen LogP contribution in [0.25, 0.3) is 0 Å². The van der Waals surface area contributed by atoms with Gasteiger partial charge in [-0.2, -0.15) is 8.42 Å². The van der Waals surface area contributed by atoms with Gasteiger partial charge in [-0.1, -0.05) is 39.0 Å². The fraction of sp³-hybridized carbons (Fsp3) is 0.900. The largest absolute Gasteiger partial charge is 0.395 e. The third-order valence-electron chi connectivity index (χ3n) is 4.21. The summed E-state index contributed by atoms with van der Waals surface area (Å²) >= 11 is 1.40. The van der Waals surface area contributed by atoms with Crippen molar-refractivity contribution in [3.63, 3.8) is 0 Å². The minimum atomic E-state index is -3.92. The van der Waals surface area contributed by atoms with Gasteiger partial charge in [0.05, 0.1) is 12.4 Å². The van der Waals surface area contributed by atoms with Crippen LogP contribution in [0.3, 0.4) is 0 Å². The summed E-state index contributed by atoms with van der Waals surface area (Å²) in [5.74, 6) is -0.576. The number of rotatable bonds is 17. The molecule has 26 heavy (non-hydrogen) atoms. The van der Waals surface area contributed by atoms with E-state index in [4.69, 9.17) is 9.66 Å². The fourth-order valence-corrected chi connectivity index (χ4v) is 3.34. The maximum Gasteiger partial charge on any atom is 0.267 e. The third-order valence-corrected chi connectivity index (χ3v) is 5.62. The van der Waals surface area contributed by atoms with Gasteiger partial charge in [-0.15, -0.1) is 0 Å². The van der Waals surface area contributed by atoms with Crippen molar-refractivity contribution >= 4 is 38.0 Å². The van der Waals surface area contributed by atoms with Crippen LogP contribution in [-0.2, 0) is 10.1 Å². The first-order valence-electron chi connectivity index (χ1n) is 10.7. The molecule has 0 aliphatic heterocycles. The van der Waals surface area contributed by atoms with Crippen molar-refractivity contribution in [2.24, 2.45) is 0 Å². The molecule has 0 rings (SSSR count). The first-order valence-corrected chi connectivity index (χ1v) is 13.7. The monoisotopic (exact) mass is 400 g/mol. The zero-order valence-corrected chi connectivity index (χ0v) is 20.1. The number of hydrogen-bond donors (Lipinski definition) is 2. The van der Waals surface area contributed by atoms with Gasteiger partial charge in [0.2, 0.25) is 0 Å². The molecular weight excluding hydrogens is 359 g/mol. The van der Waals surface area contributed by atoms with E-state index in [9.17, 15) is 8.42 Å². The van der Waals surface area contributed by atoms with E-state index in [1.165, 1.54) is 121 Å². The second-order valence-corrected chi connectivity index (χ2v) is 9.52. The zero-order valence-electron chi connectivity index (χ0n) is 17.3. The first kappa shape index (κ1) is 28.8. The second-order valence-electron chi connectivity index (χ2n) is 6.95. The average Bonchev–Trinajstić information content (AvgIpc) is 2.58. The van der Waals surface area contributed by atoms with Crippen LogP contribution >= 0.6 is 0 Å². The van der Waals surface area contributed by atoms with Crippen LogP contribution in [0.5, 0.6) is 0 Å². The van der Waals surface area contributed by atoms with Crippen LogP contribution in [0.2, 0.25) is 3.67 Å². The molecule has 0 aliphatic carbocycles. The summed E-state index contributed by atoms with van der Waals surface area (Å²) in [6, 6.07) is 0. The SMILES string of the molecule is CCCCCCCC/C=C\CCCCCCC[CH2][Na].O=S(=O)(O)CCO. The summed E-state index contributed by atoms with van der Waals surface area (Å²) < 4.78 is 28.6. The number of aliphatic hydroxyl groups is 1. The number of unbranched alkanes of at least 4 members (excludes halogenated alkanes) is 12. The Hall–Kier alpha value is 0.610. The van der Waals surface area contributed by atoms with E-state index in [0.29, 0.717) is 0 Å². The molecule has 0 aromatic heterocycles. The maximum absolute atomic E-state index is 9.63. The molecule has 0 saturated carbocycles. The van der Waals surface area contributed by atoms with Gasteiger partial charge in [0, 0.05) is 0 Å². The van der Waals surface area contributed by atoms with E-state index in [-0.39, 0.29) is 0 Å². The minimum Gasteiger partial charge on any atom is -0.395 e. The molecule has 2 N–H and O–H groups in total. The summed E-state index contributed by atoms with van der Waals surface area (Å²) in [6.45, 7) is 1.76. The van der Waals surface area contributed by atoms with E-state index in [1.54, 1.807) is 0 Å². The van der Waals surface area contributed by atoms with E-state index in [0.717, 1.165) is 0 Å². The van der Waals surface area contributed by atoms with Crippen molar-refractivity contribution in [2.45, 2.75) is 100 Å². The molecule has 0 saturated heterocycles. The molecule has 0 spiro atoms. The molecule has 0 aromatic rings. The Morgan fingerprint density at radius 2 is 1.19 bits per heavy atom. The van der Waals surface area contributed by atoms with Crippen molar-refractivity contribution in [1.29, 1.82) is 0 Å². The quantitative estimate of drug-likeness (QED) is 0.147. The van der Waals surface area contributed by atoms with Crippen LogP contribution in [0.1, 0.15) is 96.8 Å². The molecule has 0 bridgehead atoms. The normalized spacial score (nSPS) is 11.6. The van der Waals surface area contributed by atoms with Gasteiger partial charge in [0.25, 0.3) is 10.1 Å². The van der Waals surface area contributed by atoms with Crippen molar-refractivity contribution in [3.05, 3.63) is 12.2 Å². The Morgan fingerprint density at radius 3 is 1.54 bits per heavy atom. The van der Waals surface area contributed by atoms with Crippen molar-refractivity contribution in [3.8, 4) is 0 Å². The number of hydrogen-bond acceptors (Lipinski definition) is 3. The topological polar surface area (TPSA) is 74.6 Å². The number of aliphatic hydroxyl groups excluding tert-OH is 1. The Balaban J connectivity index is 0. The van der Waals surface area contributed by atoms with Gasteiger partial charge in [0.1, 0.15) is 0 Å². The maximum atomic E-state index is 9.63. The Labute approximate surface area is 180 Å². The Morgan fingerprint density at radius 1 is 0.769 bits per heavy atom. The molecular formula is C20H41NaO4S. The molecule has 0 aliphatic rings. The summed E-state index contributed by atoms with van der Waals surface area (Å²) in [4.78, 5) is 0. The molecule has 4 nitrogen and oxygen atoms in total. The molecule has 0 amide bonds. The molecule has 6 heteroatoms. The van der Waals surface area contributed by atoms with E-state index in [1.807, 2.05) is 0 Å². The van der Waals surface area contributed by atoms with E-state index < -0.39 is 22.5 Å². The Bertz CT molecular complexity index is 383. The van der Waals surface area contributed by atoms with Crippen LogP contribution in [-0.4, -0.2) is 58.4 Å². The molecule has 0 unspecified atom stereocenters. The summed E-state index contributed by atoms with van der Waals surface area (Å²) in [5, 5.41) is 7.86. The smallest absolute Gasteiger partial charge is 0.267 e. The zero-order chi connectivity index (χ0) is 19.9. The predicted molar refractivity (Wildman–Crippen MR) is 114 cm³/mol. The summed E-state index contributed by atoms with van der Waals surface area (Å²) in [5.41, 5.74) is 0. The second kappa shape index (κ2) is 23.6. The van der Waals surface area contributed by atoms with Gasteiger partial charge in [-0.25, -0.2) is 0 Å². The van der Waals surface area contributed by atoms with Crippen LogP contribution in [0.15, 0.2) is 12.2 Å². The van der Waals surface area contributed by atoms with Crippen LogP contribution in [0.4, 0.5) is 0 Å². The predicted octanol–water partition coefficient (Wildman–Crippen LogP) is 5.48. The molecule has 0 radical (unpaired) electrons. The average molecular weight is 401 g/mol. The van der Waals surface area contributed by atoms with E-state index >= 15 is 0 Å². The number of allylic oxidation sites excluding steroid dienone is 2. The van der Waals surface area contributed by atoms with Gasteiger partial charge in [-0.05, 0) is 0 Å². The fourth-order valence-electron chi connectivity index (χ4n) is 2.61. The molecule has 0 heterocycles. The summed E-state index contributed by atoms with van der Waals surface area (Å²) in [6.07, 6.45) is 24.8. The van der Waals surface area contributed by atoms with Crippen molar-refractivity contribution in [2.75, 3.05) is 12.4 Å². The Kier molecular flexibility index (Phi) is 26.2. The van der Waals surface area contributed by atoms with Crippen LogP contribution < -0.4 is 0 Å². The van der Waals surface area contributed by atoms with Crippen molar-refractivity contribution < 1.29 is 18.1 Å². The standard InChI is InChI=1S/C18H35.C2H6O4S.Na/c1-3-5-7-9-11-13-15-17-18-16-14-12-10-8-6-4-2;3-1-2-7(4,5)6;/h17-18H,1,3-16H2,2H3;3H,1-2H2,(H,4,5,6);/b18-17-;;. The minimum absolute atomic E-state index is 0.529. The molecule has 0 fully saturated rings. The van der Waals surface area contributed by atoms with Crippen molar-refractivity contribution in [1.82, 2.24) is 0 Å². The van der Waals surface area contributed by atoms with Gasteiger partial charge in [-0.3, -0.25) is 4.55 Å². The third kappa shape index (κ3) is 32.3.